The topological polar surface area (TPSA) is 84.9 Å². The minimum Gasteiger partial charge on any atom is -0.463 e. The largest absolute Gasteiger partial charge is 0.463 e. The summed E-state index contributed by atoms with van der Waals surface area (Å²) >= 11 is 0. The van der Waals surface area contributed by atoms with E-state index in [4.69, 9.17) is 9.47 Å². The van der Waals surface area contributed by atoms with Crippen LogP contribution in [0.5, 0.6) is 17.2 Å². The fourth-order valence-corrected chi connectivity index (χ4v) is 3.03. The van der Waals surface area contributed by atoms with Crippen molar-refractivity contribution in [3.05, 3.63) is 60.0 Å². The number of carbonyl (C=O) groups is 1. The Morgan fingerprint density at radius 3 is 2.62 bits per heavy atom. The summed E-state index contributed by atoms with van der Waals surface area (Å²) in [6.45, 7) is 0. The van der Waals surface area contributed by atoms with E-state index >= 15 is 0 Å². The molecular formula is C18H18N2O5S. The predicted molar refractivity (Wildman–Crippen MR) is 97.7 cm³/mol. The van der Waals surface area contributed by atoms with Crippen LogP contribution in [0.15, 0.2) is 54.4 Å². The van der Waals surface area contributed by atoms with E-state index < -0.39 is 10.0 Å². The van der Waals surface area contributed by atoms with Crippen molar-refractivity contribution in [1.82, 2.24) is 4.90 Å². The molecule has 0 unspecified atom stereocenters. The minimum atomic E-state index is -3.50. The highest BCUT2D eigenvalue weighted by atomic mass is 32.2. The van der Waals surface area contributed by atoms with Gasteiger partial charge >= 0.3 is 0 Å². The Morgan fingerprint density at radius 2 is 1.96 bits per heavy atom. The lowest BCUT2D eigenvalue weighted by molar-refractivity contribution is -0.115. The second-order valence-corrected chi connectivity index (χ2v) is 7.61. The molecule has 2 aromatic rings. The number of nitrogens with one attached hydrogen (secondary N) is 1. The molecule has 1 heterocycles. The van der Waals surface area contributed by atoms with Crippen LogP contribution in [0.3, 0.4) is 0 Å². The van der Waals surface area contributed by atoms with Gasteiger partial charge in [0.25, 0.3) is 0 Å². The zero-order valence-corrected chi connectivity index (χ0v) is 15.1. The molecule has 8 heteroatoms. The third-order valence-electron chi connectivity index (χ3n) is 3.73. The number of allylic oxidation sites excluding steroid dienone is 1. The van der Waals surface area contributed by atoms with Gasteiger partial charge in [0.2, 0.25) is 16.4 Å². The Hall–Kier alpha value is -3.00. The molecule has 1 N–H and O–H groups in total. The van der Waals surface area contributed by atoms with Crippen LogP contribution in [0.4, 0.5) is 5.69 Å². The van der Waals surface area contributed by atoms with Gasteiger partial charge < -0.3 is 14.4 Å². The van der Waals surface area contributed by atoms with Crippen LogP contribution in [0.2, 0.25) is 0 Å². The van der Waals surface area contributed by atoms with Crippen LogP contribution in [-0.2, 0) is 21.2 Å². The Balaban J connectivity index is 2.00. The molecule has 3 rings (SSSR count). The molecule has 2 aromatic carbocycles. The van der Waals surface area contributed by atoms with E-state index in [0.717, 1.165) is 11.8 Å². The standard InChI is InChI=1S/C18H18N2O5S/c1-20(12-21)14-8-13-9-18(25-15-6-4-3-5-7-15)16(19-26(2,22)23)10-17(13)24-11-14/h3-7,9-12,19H,8H2,1-2H3. The Morgan fingerprint density at radius 1 is 1.23 bits per heavy atom. The molecule has 0 atom stereocenters. The Kier molecular flexibility index (Phi) is 4.85. The van der Waals surface area contributed by atoms with Crippen molar-refractivity contribution in [2.75, 3.05) is 18.0 Å². The normalized spacial score (nSPS) is 13.1. The van der Waals surface area contributed by atoms with Crippen molar-refractivity contribution < 1.29 is 22.7 Å². The summed E-state index contributed by atoms with van der Waals surface area (Å²) in [7, 11) is -1.87. The van der Waals surface area contributed by atoms with Crippen LogP contribution in [-0.4, -0.2) is 33.0 Å². The summed E-state index contributed by atoms with van der Waals surface area (Å²) in [5, 5.41) is 0. The van der Waals surface area contributed by atoms with Crippen molar-refractivity contribution in [2.24, 2.45) is 0 Å². The SMILES string of the molecule is CN(C=O)C1=COc2cc(NS(C)(=O)=O)c(Oc3ccccc3)cc2C1. The van der Waals surface area contributed by atoms with Gasteiger partial charge in [-0.05, 0) is 18.2 Å². The molecule has 7 nitrogen and oxygen atoms in total. The second-order valence-electron chi connectivity index (χ2n) is 5.87. The van der Waals surface area contributed by atoms with Gasteiger partial charge in [-0.15, -0.1) is 0 Å². The quantitative estimate of drug-likeness (QED) is 0.786. The number of amides is 1. The van der Waals surface area contributed by atoms with Crippen LogP contribution >= 0.6 is 0 Å². The van der Waals surface area contributed by atoms with E-state index in [0.29, 0.717) is 35.8 Å². The summed E-state index contributed by atoms with van der Waals surface area (Å²) in [6.07, 6.45) is 3.69. The van der Waals surface area contributed by atoms with E-state index in [1.165, 1.54) is 11.2 Å². The number of hydrogen-bond donors (Lipinski definition) is 1. The number of hydrogen-bond acceptors (Lipinski definition) is 5. The van der Waals surface area contributed by atoms with Crippen molar-refractivity contribution >= 4 is 22.1 Å². The summed E-state index contributed by atoms with van der Waals surface area (Å²) in [5.41, 5.74) is 1.74. The maximum absolute atomic E-state index is 11.7. The molecule has 0 radical (unpaired) electrons. The molecule has 1 aliphatic rings. The van der Waals surface area contributed by atoms with Gasteiger partial charge in [-0.1, -0.05) is 18.2 Å². The summed E-state index contributed by atoms with van der Waals surface area (Å²) in [6, 6.07) is 12.3. The van der Waals surface area contributed by atoms with Gasteiger partial charge in [-0.2, -0.15) is 0 Å². The highest BCUT2D eigenvalue weighted by molar-refractivity contribution is 7.92. The summed E-state index contributed by atoms with van der Waals surface area (Å²) in [5.74, 6) is 1.42. The molecule has 0 fully saturated rings. The van der Waals surface area contributed by atoms with E-state index in [1.807, 2.05) is 18.2 Å². The zero-order chi connectivity index (χ0) is 18.7. The first-order valence-electron chi connectivity index (χ1n) is 7.77. The summed E-state index contributed by atoms with van der Waals surface area (Å²) < 4.78 is 37.2. The monoisotopic (exact) mass is 374 g/mol. The minimum absolute atomic E-state index is 0.274. The van der Waals surface area contributed by atoms with Crippen molar-refractivity contribution in [1.29, 1.82) is 0 Å². The molecule has 0 saturated heterocycles. The van der Waals surface area contributed by atoms with Crippen LogP contribution < -0.4 is 14.2 Å². The fourth-order valence-electron chi connectivity index (χ4n) is 2.47. The molecule has 0 aromatic heterocycles. The van der Waals surface area contributed by atoms with E-state index in [-0.39, 0.29) is 5.69 Å². The molecule has 26 heavy (non-hydrogen) atoms. The molecule has 1 amide bonds. The first-order chi connectivity index (χ1) is 12.4. The van der Waals surface area contributed by atoms with E-state index in [1.54, 1.807) is 31.3 Å². The van der Waals surface area contributed by atoms with Crippen molar-refractivity contribution in [2.45, 2.75) is 6.42 Å². The second kappa shape index (κ2) is 7.09. The van der Waals surface area contributed by atoms with Crippen molar-refractivity contribution in [3.8, 4) is 17.2 Å². The highest BCUT2D eigenvalue weighted by Crippen LogP contribution is 2.39. The maximum Gasteiger partial charge on any atom is 0.229 e. The molecule has 0 bridgehead atoms. The summed E-state index contributed by atoms with van der Waals surface area (Å²) in [4.78, 5) is 12.4. The number of para-hydroxylation sites is 1. The highest BCUT2D eigenvalue weighted by Gasteiger charge is 2.20. The fraction of sp³-hybridized carbons (Fsp3) is 0.167. The lowest BCUT2D eigenvalue weighted by atomic mass is 10.1. The third kappa shape index (κ3) is 4.15. The number of sulfonamides is 1. The number of likely N-dealkylation sites (N-methyl/N-ethyl adjacent to an activating group) is 1. The lowest BCUT2D eigenvalue weighted by Crippen LogP contribution is -2.20. The molecule has 0 saturated carbocycles. The Labute approximate surface area is 151 Å². The average molecular weight is 374 g/mol. The maximum atomic E-state index is 11.7. The first-order valence-corrected chi connectivity index (χ1v) is 9.66. The van der Waals surface area contributed by atoms with Crippen LogP contribution in [0.1, 0.15) is 5.56 Å². The number of fused-ring (bicyclic) bond motifs is 1. The lowest BCUT2D eigenvalue weighted by Gasteiger charge is -2.23. The van der Waals surface area contributed by atoms with Gasteiger partial charge in [0.1, 0.15) is 17.8 Å². The third-order valence-corrected chi connectivity index (χ3v) is 4.32. The van der Waals surface area contributed by atoms with E-state index in [9.17, 15) is 13.2 Å². The first kappa shape index (κ1) is 17.8. The smallest absolute Gasteiger partial charge is 0.229 e. The van der Waals surface area contributed by atoms with Crippen LogP contribution in [0.25, 0.3) is 0 Å². The molecule has 136 valence electrons. The number of rotatable bonds is 6. The van der Waals surface area contributed by atoms with Crippen molar-refractivity contribution in [3.63, 3.8) is 0 Å². The van der Waals surface area contributed by atoms with Crippen LogP contribution in [0, 0.1) is 0 Å². The molecule has 0 aliphatic carbocycles. The van der Waals surface area contributed by atoms with Gasteiger partial charge in [0, 0.05) is 25.1 Å². The van der Waals surface area contributed by atoms with Gasteiger partial charge in [-0.25, -0.2) is 8.42 Å². The molecular weight excluding hydrogens is 356 g/mol. The zero-order valence-electron chi connectivity index (χ0n) is 14.3. The van der Waals surface area contributed by atoms with E-state index in [2.05, 4.69) is 4.72 Å². The van der Waals surface area contributed by atoms with Gasteiger partial charge in [-0.3, -0.25) is 9.52 Å². The predicted octanol–water partition coefficient (Wildman–Crippen LogP) is 2.71. The number of nitrogens with zero attached hydrogens (tertiary/aromatic N) is 1. The average Bonchev–Trinajstić information content (AvgIpc) is 2.61. The number of carbonyl (C=O) groups excluding carboxylic acids is 1. The molecule has 1 aliphatic heterocycles. The van der Waals surface area contributed by atoms with Gasteiger partial charge in [0.05, 0.1) is 17.6 Å². The number of ether oxygens (including phenoxy) is 2. The molecule has 0 spiro atoms. The number of anilines is 1. The number of benzene rings is 2. The van der Waals surface area contributed by atoms with Gasteiger partial charge in [0.15, 0.2) is 5.75 Å². The Bertz CT molecular complexity index is 955.